The zero-order valence-electron chi connectivity index (χ0n) is 25.3. The Labute approximate surface area is 264 Å². The summed E-state index contributed by atoms with van der Waals surface area (Å²) in [5.41, 5.74) is 10.1. The van der Waals surface area contributed by atoms with Crippen LogP contribution in [0.2, 0.25) is 0 Å². The number of allylic oxidation sites excluding steroid dienone is 13. The second kappa shape index (κ2) is 12.1. The monoisotopic (exact) mass is 585 g/mol. The van der Waals surface area contributed by atoms with E-state index < -0.39 is 0 Å². The van der Waals surface area contributed by atoms with Gasteiger partial charge < -0.3 is 4.42 Å². The van der Waals surface area contributed by atoms with Crippen LogP contribution in [0.4, 0.5) is 0 Å². The van der Waals surface area contributed by atoms with E-state index in [1.165, 1.54) is 22.3 Å². The van der Waals surface area contributed by atoms with Gasteiger partial charge in [-0.05, 0) is 60.5 Å². The van der Waals surface area contributed by atoms with Crippen molar-refractivity contribution in [1.82, 2.24) is 15.0 Å². The normalized spacial score (nSPS) is 20.2. The Hall–Kier alpha value is -5.09. The molecule has 4 nitrogen and oxygen atoms in total. The summed E-state index contributed by atoms with van der Waals surface area (Å²) in [4.78, 5) is 15.4. The number of nitrogens with zero attached hydrogens (tertiary/aromatic N) is 3. The molecule has 0 amide bonds. The summed E-state index contributed by atoms with van der Waals surface area (Å²) in [6, 6.07) is 19.4. The highest BCUT2D eigenvalue weighted by molar-refractivity contribution is 5.84. The molecule has 4 aliphatic rings. The Morgan fingerprint density at radius 1 is 0.667 bits per heavy atom. The first kappa shape index (κ1) is 27.5. The van der Waals surface area contributed by atoms with Crippen molar-refractivity contribution in [3.8, 4) is 22.5 Å². The largest absolute Gasteiger partial charge is 0.444 e. The van der Waals surface area contributed by atoms with Crippen LogP contribution in [0.1, 0.15) is 78.2 Å². The van der Waals surface area contributed by atoms with E-state index in [1.54, 1.807) is 0 Å². The van der Waals surface area contributed by atoms with Gasteiger partial charge in [0.2, 0.25) is 5.89 Å². The molecule has 2 heterocycles. The molecule has 4 aromatic rings. The molecule has 220 valence electrons. The van der Waals surface area contributed by atoms with Crippen molar-refractivity contribution in [1.29, 1.82) is 0 Å². The Morgan fingerprint density at radius 3 is 2.29 bits per heavy atom. The van der Waals surface area contributed by atoms with Crippen LogP contribution in [-0.4, -0.2) is 15.0 Å². The van der Waals surface area contributed by atoms with Crippen molar-refractivity contribution in [2.75, 3.05) is 0 Å². The first-order chi connectivity index (χ1) is 22.3. The average molecular weight is 586 g/mol. The van der Waals surface area contributed by atoms with Gasteiger partial charge in [-0.1, -0.05) is 121 Å². The molecule has 0 N–H and O–H groups in total. The summed E-state index contributed by atoms with van der Waals surface area (Å²) >= 11 is 0. The maximum absolute atomic E-state index is 6.12. The molecule has 0 saturated heterocycles. The fourth-order valence-corrected chi connectivity index (χ4v) is 6.67. The van der Waals surface area contributed by atoms with Crippen LogP contribution in [0.3, 0.4) is 0 Å². The third kappa shape index (κ3) is 5.53. The molecule has 2 aromatic heterocycles. The summed E-state index contributed by atoms with van der Waals surface area (Å²) in [5, 5.41) is 0. The molecule has 0 fully saturated rings. The predicted molar refractivity (Wildman–Crippen MR) is 183 cm³/mol. The number of hydrogen-bond acceptors (Lipinski definition) is 4. The minimum absolute atomic E-state index is 0.174. The predicted octanol–water partition coefficient (Wildman–Crippen LogP) is 10.2. The Bertz CT molecular complexity index is 1950. The van der Waals surface area contributed by atoms with Crippen molar-refractivity contribution in [3.63, 3.8) is 0 Å². The van der Waals surface area contributed by atoms with Crippen molar-refractivity contribution >= 4 is 17.2 Å². The summed E-state index contributed by atoms with van der Waals surface area (Å²) < 4.78 is 6.12. The van der Waals surface area contributed by atoms with Crippen LogP contribution in [-0.2, 0) is 6.42 Å². The first-order valence-electron chi connectivity index (χ1n) is 16.1. The number of aromatic nitrogens is 3. The molecule has 4 aliphatic carbocycles. The molecular weight excluding hydrogens is 550 g/mol. The van der Waals surface area contributed by atoms with Crippen LogP contribution in [0, 0.1) is 0 Å². The van der Waals surface area contributed by atoms with Gasteiger partial charge in [-0.2, -0.15) is 0 Å². The summed E-state index contributed by atoms with van der Waals surface area (Å²) in [7, 11) is 0. The van der Waals surface area contributed by atoms with Gasteiger partial charge in [0, 0.05) is 23.5 Å². The van der Waals surface area contributed by atoms with Crippen molar-refractivity contribution < 1.29 is 4.42 Å². The summed E-state index contributed by atoms with van der Waals surface area (Å²) in [5.74, 6) is 2.99. The minimum Gasteiger partial charge on any atom is -0.444 e. The van der Waals surface area contributed by atoms with Crippen molar-refractivity contribution in [2.24, 2.45) is 0 Å². The molecular formula is C41H35N3O. The van der Waals surface area contributed by atoms with E-state index in [1.807, 2.05) is 0 Å². The van der Waals surface area contributed by atoms with E-state index in [4.69, 9.17) is 19.4 Å². The Balaban J connectivity index is 1.13. The highest BCUT2D eigenvalue weighted by Gasteiger charge is 2.25. The lowest BCUT2D eigenvalue weighted by Crippen LogP contribution is -2.10. The molecule has 0 radical (unpaired) electrons. The molecule has 2 atom stereocenters. The SMILES string of the molecule is C1=CCCC(c2nc(-c3ccc(C4=CCC(c5nc6c(o5)CCC=C6)C=C4)cc3)nc(C3C=CC=CC3)c2-c2ccccc2)=C1. The van der Waals surface area contributed by atoms with Crippen molar-refractivity contribution in [3.05, 3.63) is 156 Å². The van der Waals surface area contributed by atoms with Gasteiger partial charge >= 0.3 is 0 Å². The van der Waals surface area contributed by atoms with Crippen LogP contribution in [0.25, 0.3) is 39.7 Å². The van der Waals surface area contributed by atoms with Crippen LogP contribution in [0.15, 0.2) is 126 Å². The number of aryl methyl sites for hydroxylation is 1. The molecule has 45 heavy (non-hydrogen) atoms. The number of benzene rings is 2. The molecule has 0 aliphatic heterocycles. The average Bonchev–Trinajstić information content (AvgIpc) is 3.57. The van der Waals surface area contributed by atoms with Gasteiger partial charge in [-0.25, -0.2) is 15.0 Å². The molecule has 4 heteroatoms. The van der Waals surface area contributed by atoms with E-state index in [-0.39, 0.29) is 11.8 Å². The minimum atomic E-state index is 0.174. The number of fused-ring (bicyclic) bond motifs is 1. The van der Waals surface area contributed by atoms with Crippen molar-refractivity contribution in [2.45, 2.75) is 50.4 Å². The smallest absolute Gasteiger partial charge is 0.202 e. The second-order valence-corrected chi connectivity index (χ2v) is 12.1. The van der Waals surface area contributed by atoms with E-state index >= 15 is 0 Å². The topological polar surface area (TPSA) is 51.8 Å². The second-order valence-electron chi connectivity index (χ2n) is 12.1. The fraction of sp³-hybridized carbons (Fsp3) is 0.195. The zero-order valence-corrected chi connectivity index (χ0v) is 25.3. The number of oxazole rings is 1. The lowest BCUT2D eigenvalue weighted by Gasteiger charge is -2.22. The van der Waals surface area contributed by atoms with Gasteiger partial charge in [0.1, 0.15) is 11.5 Å². The number of rotatable bonds is 6. The summed E-state index contributed by atoms with van der Waals surface area (Å²) in [6.45, 7) is 0. The van der Waals surface area contributed by atoms with Crippen LogP contribution >= 0.6 is 0 Å². The Morgan fingerprint density at radius 2 is 1.53 bits per heavy atom. The molecule has 2 unspecified atom stereocenters. The zero-order chi connectivity index (χ0) is 30.0. The third-order valence-electron chi connectivity index (χ3n) is 9.10. The molecule has 2 aromatic carbocycles. The van der Waals surface area contributed by atoms with Gasteiger partial charge in [-0.15, -0.1) is 0 Å². The van der Waals surface area contributed by atoms with Crippen LogP contribution < -0.4 is 0 Å². The summed E-state index contributed by atoms with van der Waals surface area (Å²) in [6.07, 6.45) is 32.2. The molecule has 0 bridgehead atoms. The van der Waals surface area contributed by atoms with Gasteiger partial charge in [-0.3, -0.25) is 0 Å². The van der Waals surface area contributed by atoms with Crippen LogP contribution in [0.5, 0.6) is 0 Å². The Kier molecular flexibility index (Phi) is 7.40. The molecule has 8 rings (SSSR count). The highest BCUT2D eigenvalue weighted by atomic mass is 16.4. The quantitative estimate of drug-likeness (QED) is 0.226. The molecule has 0 spiro atoms. The van der Waals surface area contributed by atoms with Gasteiger partial charge in [0.15, 0.2) is 5.82 Å². The maximum Gasteiger partial charge on any atom is 0.202 e. The first-order valence-corrected chi connectivity index (χ1v) is 16.1. The lowest BCUT2D eigenvalue weighted by molar-refractivity contribution is 0.438. The van der Waals surface area contributed by atoms with Gasteiger partial charge in [0.25, 0.3) is 0 Å². The standard InChI is InChI=1S/C41H35N3O/c1-4-12-30(13-5-1)37-38(31-14-6-2-7-15-31)43-40(44-39(37)32-16-8-3-9-17-32)33-24-20-28(21-25-33)29-22-26-34(27-23-29)41-42-35-18-10-11-19-36(35)45-41/h1-8,10,12-14,16,18,20-26,31,34H,9,11,15,17,19,27H2. The van der Waals surface area contributed by atoms with E-state index in [9.17, 15) is 0 Å². The third-order valence-corrected chi connectivity index (χ3v) is 9.10. The van der Waals surface area contributed by atoms with E-state index in [0.29, 0.717) is 0 Å². The van der Waals surface area contributed by atoms with E-state index in [2.05, 4.69) is 128 Å². The maximum atomic E-state index is 6.12. The van der Waals surface area contributed by atoms with E-state index in [0.717, 1.165) is 84.2 Å². The lowest BCUT2D eigenvalue weighted by atomic mass is 9.87. The molecule has 0 saturated carbocycles. The number of hydrogen-bond donors (Lipinski definition) is 0. The highest BCUT2D eigenvalue weighted by Crippen LogP contribution is 2.40. The van der Waals surface area contributed by atoms with Gasteiger partial charge in [0.05, 0.1) is 17.3 Å². The fourth-order valence-electron chi connectivity index (χ4n) is 6.67.